The molecule has 2 rings (SSSR count). The molecule has 0 fully saturated rings. The fourth-order valence-corrected chi connectivity index (χ4v) is 2.30. The Hall–Kier alpha value is -1.81. The predicted octanol–water partition coefficient (Wildman–Crippen LogP) is 4.91. The number of hydrogen-bond acceptors (Lipinski definition) is 2. The molecular weight excluding hydrogens is 328 g/mol. The van der Waals surface area contributed by atoms with Gasteiger partial charge in [-0.3, -0.25) is 4.79 Å². The van der Waals surface area contributed by atoms with E-state index in [1.54, 1.807) is 12.1 Å². The molecule has 0 saturated carbocycles. The van der Waals surface area contributed by atoms with Crippen LogP contribution in [0.15, 0.2) is 53.0 Å². The van der Waals surface area contributed by atoms with Crippen molar-refractivity contribution >= 4 is 33.2 Å². The number of halogens is 1. The number of nitrogens with one attached hydrogen (secondary N) is 2. The third-order valence-electron chi connectivity index (χ3n) is 2.75. The van der Waals surface area contributed by atoms with Gasteiger partial charge in [0.2, 0.25) is 0 Å². The lowest BCUT2D eigenvalue weighted by atomic mass is 10.1. The van der Waals surface area contributed by atoms with Crippen molar-refractivity contribution in [2.75, 3.05) is 10.6 Å². The molecule has 21 heavy (non-hydrogen) atoms. The summed E-state index contributed by atoms with van der Waals surface area (Å²) in [6.07, 6.45) is 0. The minimum Gasteiger partial charge on any atom is -0.380 e. The van der Waals surface area contributed by atoms with E-state index in [1.807, 2.05) is 36.4 Å². The van der Waals surface area contributed by atoms with Crippen LogP contribution in [0.25, 0.3) is 0 Å². The molecule has 0 spiro atoms. The van der Waals surface area contributed by atoms with Crippen LogP contribution >= 0.6 is 15.9 Å². The predicted molar refractivity (Wildman–Crippen MR) is 91.9 cm³/mol. The second-order valence-corrected chi connectivity index (χ2v) is 6.83. The first-order chi connectivity index (χ1) is 9.83. The SMILES string of the molecule is CC(C)(C)Nc1ccc(NC(=O)c2cccc(Br)c2)cc1. The summed E-state index contributed by atoms with van der Waals surface area (Å²) >= 11 is 3.37. The quantitative estimate of drug-likeness (QED) is 0.828. The minimum atomic E-state index is -0.118. The van der Waals surface area contributed by atoms with Crippen LogP contribution in [0.5, 0.6) is 0 Å². The van der Waals surface area contributed by atoms with Gasteiger partial charge in [0, 0.05) is 26.9 Å². The summed E-state index contributed by atoms with van der Waals surface area (Å²) in [5.74, 6) is -0.118. The van der Waals surface area contributed by atoms with E-state index < -0.39 is 0 Å². The van der Waals surface area contributed by atoms with E-state index in [9.17, 15) is 4.79 Å². The molecule has 3 nitrogen and oxygen atoms in total. The van der Waals surface area contributed by atoms with Gasteiger partial charge in [-0.1, -0.05) is 22.0 Å². The lowest BCUT2D eigenvalue weighted by Gasteiger charge is -2.22. The topological polar surface area (TPSA) is 41.1 Å². The summed E-state index contributed by atoms with van der Waals surface area (Å²) in [5.41, 5.74) is 2.45. The molecular formula is C17H19BrN2O. The first kappa shape index (κ1) is 15.6. The first-order valence-corrected chi connectivity index (χ1v) is 7.58. The van der Waals surface area contributed by atoms with E-state index in [0.29, 0.717) is 5.56 Å². The fraction of sp³-hybridized carbons (Fsp3) is 0.235. The molecule has 2 N–H and O–H groups in total. The second-order valence-electron chi connectivity index (χ2n) is 5.92. The van der Waals surface area contributed by atoms with E-state index in [2.05, 4.69) is 47.3 Å². The van der Waals surface area contributed by atoms with Crippen LogP contribution in [0.3, 0.4) is 0 Å². The number of amides is 1. The van der Waals surface area contributed by atoms with Crippen LogP contribution in [-0.2, 0) is 0 Å². The molecule has 1 amide bonds. The highest BCUT2D eigenvalue weighted by atomic mass is 79.9. The third kappa shape index (κ3) is 4.90. The number of carbonyl (C=O) groups is 1. The maximum atomic E-state index is 12.1. The molecule has 2 aromatic carbocycles. The zero-order valence-corrected chi connectivity index (χ0v) is 14.0. The van der Waals surface area contributed by atoms with E-state index in [-0.39, 0.29) is 11.4 Å². The summed E-state index contributed by atoms with van der Waals surface area (Å²) < 4.78 is 0.889. The van der Waals surface area contributed by atoms with E-state index in [1.165, 1.54) is 0 Å². The Labute approximate surface area is 133 Å². The molecule has 0 aliphatic heterocycles. The summed E-state index contributed by atoms with van der Waals surface area (Å²) in [7, 11) is 0. The number of anilines is 2. The third-order valence-corrected chi connectivity index (χ3v) is 3.24. The van der Waals surface area contributed by atoms with Crippen molar-refractivity contribution < 1.29 is 4.79 Å². The lowest BCUT2D eigenvalue weighted by molar-refractivity contribution is 0.102. The van der Waals surface area contributed by atoms with Gasteiger partial charge in [0.25, 0.3) is 5.91 Å². The van der Waals surface area contributed by atoms with Gasteiger partial charge in [-0.2, -0.15) is 0 Å². The maximum absolute atomic E-state index is 12.1. The molecule has 0 aliphatic rings. The van der Waals surface area contributed by atoms with Crippen molar-refractivity contribution in [2.24, 2.45) is 0 Å². The van der Waals surface area contributed by atoms with Gasteiger partial charge >= 0.3 is 0 Å². The largest absolute Gasteiger partial charge is 0.380 e. The molecule has 0 aliphatic carbocycles. The molecule has 0 atom stereocenters. The monoisotopic (exact) mass is 346 g/mol. The highest BCUT2D eigenvalue weighted by Gasteiger charge is 2.10. The average Bonchev–Trinajstić information content (AvgIpc) is 2.39. The summed E-state index contributed by atoms with van der Waals surface area (Å²) in [6, 6.07) is 15.0. The normalized spacial score (nSPS) is 11.0. The van der Waals surface area contributed by atoms with Gasteiger partial charge in [-0.15, -0.1) is 0 Å². The standard InChI is InChI=1S/C17H19BrN2O/c1-17(2,3)20-15-9-7-14(8-10-15)19-16(21)12-5-4-6-13(18)11-12/h4-11,20H,1-3H3,(H,19,21). The van der Waals surface area contributed by atoms with Crippen LogP contribution in [0.1, 0.15) is 31.1 Å². The van der Waals surface area contributed by atoms with Crippen LogP contribution < -0.4 is 10.6 Å². The Balaban J connectivity index is 2.05. The van der Waals surface area contributed by atoms with Crippen molar-refractivity contribution in [1.82, 2.24) is 0 Å². The molecule has 4 heteroatoms. The number of benzene rings is 2. The van der Waals surface area contributed by atoms with Gasteiger partial charge in [-0.25, -0.2) is 0 Å². The average molecular weight is 347 g/mol. The van der Waals surface area contributed by atoms with E-state index in [4.69, 9.17) is 0 Å². The zero-order valence-electron chi connectivity index (χ0n) is 12.4. The summed E-state index contributed by atoms with van der Waals surface area (Å²) in [4.78, 5) is 12.1. The molecule has 110 valence electrons. The van der Waals surface area contributed by atoms with Crippen LogP contribution in [-0.4, -0.2) is 11.4 Å². The molecule has 0 unspecified atom stereocenters. The molecule has 0 bridgehead atoms. The van der Waals surface area contributed by atoms with Gasteiger partial charge in [0.1, 0.15) is 0 Å². The number of carbonyl (C=O) groups excluding carboxylic acids is 1. The van der Waals surface area contributed by atoms with Crippen molar-refractivity contribution in [3.8, 4) is 0 Å². The van der Waals surface area contributed by atoms with Crippen molar-refractivity contribution in [3.05, 3.63) is 58.6 Å². The van der Waals surface area contributed by atoms with Crippen molar-refractivity contribution in [1.29, 1.82) is 0 Å². The lowest BCUT2D eigenvalue weighted by Crippen LogP contribution is -2.25. The Kier molecular flexibility index (Phi) is 4.68. The van der Waals surface area contributed by atoms with E-state index >= 15 is 0 Å². The van der Waals surface area contributed by atoms with Gasteiger partial charge in [0.05, 0.1) is 0 Å². The molecule has 2 aromatic rings. The van der Waals surface area contributed by atoms with Gasteiger partial charge in [-0.05, 0) is 63.2 Å². The summed E-state index contributed by atoms with van der Waals surface area (Å²) in [6.45, 7) is 6.32. The molecule has 0 radical (unpaired) electrons. The minimum absolute atomic E-state index is 0.0150. The number of hydrogen-bond donors (Lipinski definition) is 2. The van der Waals surface area contributed by atoms with Crippen molar-refractivity contribution in [2.45, 2.75) is 26.3 Å². The highest BCUT2D eigenvalue weighted by Crippen LogP contribution is 2.19. The Bertz CT molecular complexity index is 630. The zero-order chi connectivity index (χ0) is 15.5. The second kappa shape index (κ2) is 6.31. The maximum Gasteiger partial charge on any atom is 0.255 e. The number of rotatable bonds is 3. The van der Waals surface area contributed by atoms with Crippen molar-refractivity contribution in [3.63, 3.8) is 0 Å². The smallest absolute Gasteiger partial charge is 0.255 e. The Morgan fingerprint density at radius 3 is 2.19 bits per heavy atom. The molecule has 0 heterocycles. The Morgan fingerprint density at radius 1 is 1.00 bits per heavy atom. The van der Waals surface area contributed by atoms with Crippen LogP contribution in [0.4, 0.5) is 11.4 Å². The van der Waals surface area contributed by atoms with Gasteiger partial charge in [0.15, 0.2) is 0 Å². The van der Waals surface area contributed by atoms with Crippen LogP contribution in [0, 0.1) is 0 Å². The first-order valence-electron chi connectivity index (χ1n) is 6.79. The summed E-state index contributed by atoms with van der Waals surface area (Å²) in [5, 5.41) is 6.27. The highest BCUT2D eigenvalue weighted by molar-refractivity contribution is 9.10. The fourth-order valence-electron chi connectivity index (χ4n) is 1.90. The van der Waals surface area contributed by atoms with Gasteiger partial charge < -0.3 is 10.6 Å². The van der Waals surface area contributed by atoms with E-state index in [0.717, 1.165) is 15.8 Å². The van der Waals surface area contributed by atoms with Crippen LogP contribution in [0.2, 0.25) is 0 Å². The Morgan fingerprint density at radius 2 is 1.62 bits per heavy atom. The molecule has 0 saturated heterocycles. The molecule has 0 aromatic heterocycles.